The largest absolute Gasteiger partial charge is 0.388 e. The monoisotopic (exact) mass is 309 g/mol. The maximum Gasteiger partial charge on any atom is 0.129 e. The summed E-state index contributed by atoms with van der Waals surface area (Å²) in [6.45, 7) is 3.81. The van der Waals surface area contributed by atoms with Crippen LogP contribution in [0.5, 0.6) is 0 Å². The van der Waals surface area contributed by atoms with E-state index in [1.165, 1.54) is 12.5 Å². The SMILES string of the molecule is C=NC1(c2cc(NC)ccc2F)CCCCC1CSCN. The fourth-order valence-corrected chi connectivity index (χ4v) is 4.18. The molecule has 1 fully saturated rings. The summed E-state index contributed by atoms with van der Waals surface area (Å²) >= 11 is 1.69. The smallest absolute Gasteiger partial charge is 0.129 e. The number of nitrogens with one attached hydrogen (secondary N) is 1. The van der Waals surface area contributed by atoms with Crippen LogP contribution in [0.3, 0.4) is 0 Å². The van der Waals surface area contributed by atoms with Crippen molar-refractivity contribution in [1.29, 1.82) is 0 Å². The standard InChI is InChI=1S/C16H24FN3S/c1-19-13-6-7-15(17)14(9-13)16(20-2)8-4-3-5-12(16)10-21-11-18/h6-7,9,12,19H,2-5,8,10-11,18H2,1H3. The van der Waals surface area contributed by atoms with Crippen molar-refractivity contribution in [2.24, 2.45) is 16.6 Å². The van der Waals surface area contributed by atoms with Crippen LogP contribution >= 0.6 is 11.8 Å². The highest BCUT2D eigenvalue weighted by Gasteiger charge is 2.43. The van der Waals surface area contributed by atoms with E-state index in [2.05, 4.69) is 17.0 Å². The lowest BCUT2D eigenvalue weighted by molar-refractivity contribution is 0.209. The second kappa shape index (κ2) is 7.27. The van der Waals surface area contributed by atoms with E-state index < -0.39 is 5.54 Å². The number of halogens is 1. The second-order valence-electron chi connectivity index (χ2n) is 5.51. The molecule has 0 spiro atoms. The lowest BCUT2D eigenvalue weighted by atomic mass is 9.69. The summed E-state index contributed by atoms with van der Waals surface area (Å²) in [4.78, 5) is 4.45. The summed E-state index contributed by atoms with van der Waals surface area (Å²) in [6, 6.07) is 5.16. The number of nitrogens with two attached hydrogens (primary N) is 1. The average molecular weight is 309 g/mol. The van der Waals surface area contributed by atoms with Gasteiger partial charge in [0.1, 0.15) is 5.82 Å². The molecule has 5 heteroatoms. The van der Waals surface area contributed by atoms with Crippen molar-refractivity contribution in [2.45, 2.75) is 31.2 Å². The third-order valence-electron chi connectivity index (χ3n) is 4.48. The first-order valence-corrected chi connectivity index (χ1v) is 8.57. The van der Waals surface area contributed by atoms with Gasteiger partial charge in [0.15, 0.2) is 0 Å². The zero-order valence-electron chi connectivity index (χ0n) is 12.6. The van der Waals surface area contributed by atoms with Crippen molar-refractivity contribution < 1.29 is 4.39 Å². The Kier molecular flexibility index (Phi) is 5.65. The van der Waals surface area contributed by atoms with Gasteiger partial charge >= 0.3 is 0 Å². The summed E-state index contributed by atoms with van der Waals surface area (Å²) in [5.41, 5.74) is 6.69. The number of aliphatic imine (C=N–C) groups is 1. The Labute approximate surface area is 130 Å². The van der Waals surface area contributed by atoms with Crippen LogP contribution in [0.15, 0.2) is 23.2 Å². The highest BCUT2D eigenvalue weighted by atomic mass is 32.2. The Balaban J connectivity index is 2.44. The van der Waals surface area contributed by atoms with Crippen molar-refractivity contribution in [2.75, 3.05) is 24.0 Å². The van der Waals surface area contributed by atoms with E-state index >= 15 is 0 Å². The van der Waals surface area contributed by atoms with Gasteiger partial charge in [-0.1, -0.05) is 12.8 Å². The van der Waals surface area contributed by atoms with Crippen LogP contribution in [-0.4, -0.2) is 25.4 Å². The topological polar surface area (TPSA) is 50.4 Å². The van der Waals surface area contributed by atoms with Crippen molar-refractivity contribution in [3.63, 3.8) is 0 Å². The minimum atomic E-state index is -0.517. The van der Waals surface area contributed by atoms with Crippen molar-refractivity contribution in [3.8, 4) is 0 Å². The first kappa shape index (κ1) is 16.3. The number of thioether (sulfide) groups is 1. The van der Waals surface area contributed by atoms with Gasteiger partial charge in [-0.05, 0) is 43.7 Å². The van der Waals surface area contributed by atoms with Crippen LogP contribution in [0.1, 0.15) is 31.2 Å². The predicted molar refractivity (Wildman–Crippen MR) is 90.6 cm³/mol. The highest BCUT2D eigenvalue weighted by molar-refractivity contribution is 7.99. The summed E-state index contributed by atoms with van der Waals surface area (Å²) < 4.78 is 14.5. The molecule has 2 atom stereocenters. The molecule has 1 aliphatic rings. The number of hydrogen-bond donors (Lipinski definition) is 2. The molecule has 0 heterocycles. The third kappa shape index (κ3) is 3.24. The quantitative estimate of drug-likeness (QED) is 0.623. The van der Waals surface area contributed by atoms with Crippen molar-refractivity contribution in [1.82, 2.24) is 0 Å². The van der Waals surface area contributed by atoms with Gasteiger partial charge in [0, 0.05) is 29.9 Å². The minimum absolute atomic E-state index is 0.189. The fourth-order valence-electron chi connectivity index (χ4n) is 3.32. The molecule has 0 aliphatic heterocycles. The molecular formula is C16H24FN3S. The molecule has 0 bridgehead atoms. The molecule has 0 amide bonds. The van der Waals surface area contributed by atoms with Gasteiger partial charge in [-0.3, -0.25) is 4.99 Å². The van der Waals surface area contributed by atoms with E-state index in [1.54, 1.807) is 17.8 Å². The van der Waals surface area contributed by atoms with E-state index in [9.17, 15) is 4.39 Å². The van der Waals surface area contributed by atoms with Crippen LogP contribution < -0.4 is 11.1 Å². The van der Waals surface area contributed by atoms with Crippen LogP contribution in [-0.2, 0) is 5.54 Å². The number of hydrogen-bond acceptors (Lipinski definition) is 4. The third-order valence-corrected chi connectivity index (χ3v) is 5.35. The molecule has 0 saturated heterocycles. The van der Waals surface area contributed by atoms with E-state index in [-0.39, 0.29) is 5.82 Å². The van der Waals surface area contributed by atoms with Gasteiger partial charge in [0.25, 0.3) is 0 Å². The second-order valence-corrected chi connectivity index (χ2v) is 6.58. The lowest BCUT2D eigenvalue weighted by Crippen LogP contribution is -2.38. The number of rotatable bonds is 6. The number of benzene rings is 1. The zero-order valence-corrected chi connectivity index (χ0v) is 13.4. The van der Waals surface area contributed by atoms with Crippen molar-refractivity contribution in [3.05, 3.63) is 29.6 Å². The molecule has 1 aromatic rings. The van der Waals surface area contributed by atoms with Gasteiger partial charge < -0.3 is 11.1 Å². The van der Waals surface area contributed by atoms with Crippen LogP contribution in [0, 0.1) is 11.7 Å². The predicted octanol–water partition coefficient (Wildman–Crippen LogP) is 3.60. The highest BCUT2D eigenvalue weighted by Crippen LogP contribution is 2.47. The first-order chi connectivity index (χ1) is 10.2. The van der Waals surface area contributed by atoms with E-state index in [0.717, 1.165) is 30.7 Å². The van der Waals surface area contributed by atoms with E-state index in [1.807, 2.05) is 13.1 Å². The Bertz CT molecular complexity index is 494. The normalized spacial score (nSPS) is 25.6. The molecule has 0 aromatic heterocycles. The number of anilines is 1. The molecule has 2 rings (SSSR count). The van der Waals surface area contributed by atoms with Gasteiger partial charge in [-0.2, -0.15) is 0 Å². The molecule has 1 saturated carbocycles. The van der Waals surface area contributed by atoms with E-state index in [0.29, 0.717) is 17.4 Å². The van der Waals surface area contributed by atoms with Gasteiger partial charge in [0.2, 0.25) is 0 Å². The van der Waals surface area contributed by atoms with Gasteiger partial charge in [0.05, 0.1) is 5.54 Å². The zero-order chi connectivity index (χ0) is 15.3. The van der Waals surface area contributed by atoms with Gasteiger partial charge in [-0.25, -0.2) is 4.39 Å². The lowest BCUT2D eigenvalue weighted by Gasteiger charge is -2.41. The Hall–Kier alpha value is -1.07. The Morgan fingerprint density at radius 1 is 1.52 bits per heavy atom. The van der Waals surface area contributed by atoms with Crippen molar-refractivity contribution >= 4 is 24.2 Å². The Morgan fingerprint density at radius 3 is 3.00 bits per heavy atom. The molecule has 2 unspecified atom stereocenters. The molecular weight excluding hydrogens is 285 g/mol. The summed E-state index contributed by atoms with van der Waals surface area (Å²) in [7, 11) is 1.84. The molecule has 3 N–H and O–H groups in total. The maximum absolute atomic E-state index is 14.5. The number of nitrogens with zero attached hydrogens (tertiary/aromatic N) is 1. The Morgan fingerprint density at radius 2 is 2.33 bits per heavy atom. The molecule has 116 valence electrons. The maximum atomic E-state index is 14.5. The summed E-state index contributed by atoms with van der Waals surface area (Å²) in [5.74, 6) is 1.59. The van der Waals surface area contributed by atoms with E-state index in [4.69, 9.17) is 5.73 Å². The van der Waals surface area contributed by atoms with Crippen LogP contribution in [0.25, 0.3) is 0 Å². The average Bonchev–Trinajstić information content (AvgIpc) is 2.53. The summed E-state index contributed by atoms with van der Waals surface area (Å²) in [5, 5.41) is 3.08. The minimum Gasteiger partial charge on any atom is -0.388 e. The fraction of sp³-hybridized carbons (Fsp3) is 0.562. The molecule has 1 aromatic carbocycles. The molecule has 1 aliphatic carbocycles. The molecule has 3 nitrogen and oxygen atoms in total. The molecule has 21 heavy (non-hydrogen) atoms. The first-order valence-electron chi connectivity index (χ1n) is 7.41. The van der Waals surface area contributed by atoms with Crippen LogP contribution in [0.4, 0.5) is 10.1 Å². The van der Waals surface area contributed by atoms with Crippen LogP contribution in [0.2, 0.25) is 0 Å². The van der Waals surface area contributed by atoms with Gasteiger partial charge in [-0.15, -0.1) is 11.8 Å². The summed E-state index contributed by atoms with van der Waals surface area (Å²) in [6.07, 6.45) is 4.14. The molecule has 0 radical (unpaired) electrons.